The van der Waals surface area contributed by atoms with Crippen molar-refractivity contribution in [2.45, 2.75) is 19.9 Å². The highest BCUT2D eigenvalue weighted by atomic mass is 32.1. The number of hydrogen-bond acceptors (Lipinski definition) is 5. The SMILES string of the molecule is Cc1csc(-n2c(=O)n(C(C)c3ccc4ccccc4n3)c(=O)c3cccnc32)c1. The summed E-state index contributed by atoms with van der Waals surface area (Å²) in [4.78, 5) is 35.9. The number of nitrogens with zero attached hydrogens (tertiary/aromatic N) is 4. The lowest BCUT2D eigenvalue weighted by Gasteiger charge is -2.17. The van der Waals surface area contributed by atoms with Gasteiger partial charge in [-0.15, -0.1) is 11.3 Å². The fourth-order valence-corrected chi connectivity index (χ4v) is 4.58. The Labute approximate surface area is 175 Å². The molecule has 5 rings (SSSR count). The second kappa shape index (κ2) is 7.03. The number of hydrogen-bond donors (Lipinski definition) is 0. The summed E-state index contributed by atoms with van der Waals surface area (Å²) in [6.45, 7) is 3.80. The fraction of sp³-hybridized carbons (Fsp3) is 0.130. The van der Waals surface area contributed by atoms with Gasteiger partial charge >= 0.3 is 5.69 Å². The molecule has 0 bridgehead atoms. The lowest BCUT2D eigenvalue weighted by molar-refractivity contribution is 0.561. The van der Waals surface area contributed by atoms with Gasteiger partial charge in [0.05, 0.1) is 22.6 Å². The molecule has 0 saturated carbocycles. The van der Waals surface area contributed by atoms with Gasteiger partial charge < -0.3 is 0 Å². The number of fused-ring (bicyclic) bond motifs is 2. The van der Waals surface area contributed by atoms with Crippen molar-refractivity contribution in [2.75, 3.05) is 0 Å². The summed E-state index contributed by atoms with van der Waals surface area (Å²) in [6.07, 6.45) is 1.59. The first-order chi connectivity index (χ1) is 14.5. The molecule has 6 nitrogen and oxygen atoms in total. The Balaban J connectivity index is 1.80. The third-order valence-corrected chi connectivity index (χ3v) is 6.25. The van der Waals surface area contributed by atoms with E-state index in [1.165, 1.54) is 20.5 Å². The van der Waals surface area contributed by atoms with Crippen molar-refractivity contribution in [1.29, 1.82) is 0 Å². The van der Waals surface area contributed by atoms with Crippen LogP contribution < -0.4 is 11.2 Å². The molecule has 1 atom stereocenters. The predicted molar refractivity (Wildman–Crippen MR) is 120 cm³/mol. The Morgan fingerprint density at radius 1 is 1.03 bits per heavy atom. The van der Waals surface area contributed by atoms with Crippen molar-refractivity contribution in [3.8, 4) is 5.00 Å². The average molecular weight is 414 g/mol. The minimum atomic E-state index is -0.536. The maximum absolute atomic E-state index is 13.6. The topological polar surface area (TPSA) is 69.8 Å². The van der Waals surface area contributed by atoms with Crippen LogP contribution in [0.3, 0.4) is 0 Å². The van der Waals surface area contributed by atoms with E-state index in [4.69, 9.17) is 4.98 Å². The molecule has 30 heavy (non-hydrogen) atoms. The minimum Gasteiger partial charge on any atom is -0.268 e. The minimum absolute atomic E-state index is 0.365. The van der Waals surface area contributed by atoms with Gasteiger partial charge in [-0.1, -0.05) is 24.3 Å². The van der Waals surface area contributed by atoms with E-state index >= 15 is 0 Å². The molecule has 0 radical (unpaired) electrons. The standard InChI is InChI=1S/C23H18N4O2S/c1-14-12-20(30-13-14)27-21-17(7-5-11-24-21)22(28)26(23(27)29)15(2)18-10-9-16-6-3-4-8-19(16)25-18/h3-13,15H,1-2H3. The smallest absolute Gasteiger partial charge is 0.268 e. The molecule has 1 unspecified atom stereocenters. The molecule has 0 aliphatic carbocycles. The van der Waals surface area contributed by atoms with Crippen molar-refractivity contribution < 1.29 is 0 Å². The van der Waals surface area contributed by atoms with Gasteiger partial charge in [0.1, 0.15) is 5.00 Å². The highest BCUT2D eigenvalue weighted by Crippen LogP contribution is 2.22. The number of rotatable bonds is 3. The summed E-state index contributed by atoms with van der Waals surface area (Å²) in [7, 11) is 0. The lowest BCUT2D eigenvalue weighted by Crippen LogP contribution is -2.41. The molecule has 1 aromatic carbocycles. The van der Waals surface area contributed by atoms with Crippen LogP contribution in [0.4, 0.5) is 0 Å². The summed E-state index contributed by atoms with van der Waals surface area (Å²) < 4.78 is 2.79. The molecule has 0 N–H and O–H groups in total. The van der Waals surface area contributed by atoms with Crippen LogP contribution in [0.15, 0.2) is 75.8 Å². The quantitative estimate of drug-likeness (QED) is 0.446. The van der Waals surface area contributed by atoms with Crippen LogP contribution in [-0.2, 0) is 0 Å². The molecule has 7 heteroatoms. The van der Waals surface area contributed by atoms with E-state index < -0.39 is 11.7 Å². The van der Waals surface area contributed by atoms with Crippen molar-refractivity contribution >= 4 is 33.3 Å². The van der Waals surface area contributed by atoms with Gasteiger partial charge in [0, 0.05) is 11.6 Å². The van der Waals surface area contributed by atoms with E-state index in [9.17, 15) is 9.59 Å². The average Bonchev–Trinajstić information content (AvgIpc) is 3.19. The lowest BCUT2D eigenvalue weighted by atomic mass is 10.1. The van der Waals surface area contributed by atoms with Crippen LogP contribution in [0.25, 0.3) is 26.9 Å². The zero-order valence-electron chi connectivity index (χ0n) is 16.4. The number of para-hydroxylation sites is 1. The van der Waals surface area contributed by atoms with E-state index in [0.29, 0.717) is 16.7 Å². The van der Waals surface area contributed by atoms with E-state index in [0.717, 1.165) is 21.5 Å². The van der Waals surface area contributed by atoms with Crippen LogP contribution in [0.1, 0.15) is 24.2 Å². The first-order valence-electron chi connectivity index (χ1n) is 9.58. The normalized spacial score (nSPS) is 12.5. The molecule has 0 fully saturated rings. The molecule has 0 amide bonds. The summed E-state index contributed by atoms with van der Waals surface area (Å²) in [5.74, 6) is 0. The van der Waals surface area contributed by atoms with Gasteiger partial charge in [0.2, 0.25) is 0 Å². The van der Waals surface area contributed by atoms with Crippen molar-refractivity contribution in [1.82, 2.24) is 19.1 Å². The third kappa shape index (κ3) is 2.86. The number of thiophene rings is 1. The Hall–Kier alpha value is -3.58. The number of benzene rings is 1. The molecule has 5 aromatic rings. The largest absolute Gasteiger partial charge is 0.338 e. The Morgan fingerprint density at radius 2 is 1.87 bits per heavy atom. The molecular formula is C23H18N4O2S. The maximum Gasteiger partial charge on any atom is 0.338 e. The second-order valence-electron chi connectivity index (χ2n) is 7.23. The first-order valence-corrected chi connectivity index (χ1v) is 10.5. The van der Waals surface area contributed by atoms with Crippen LogP contribution in [0.5, 0.6) is 0 Å². The van der Waals surface area contributed by atoms with Crippen molar-refractivity contribution in [3.63, 3.8) is 0 Å². The molecule has 4 heterocycles. The summed E-state index contributed by atoms with van der Waals surface area (Å²) in [5.41, 5.74) is 2.11. The Morgan fingerprint density at radius 3 is 2.67 bits per heavy atom. The van der Waals surface area contributed by atoms with Gasteiger partial charge in [0.25, 0.3) is 5.56 Å². The Bertz CT molecular complexity index is 1530. The second-order valence-corrected chi connectivity index (χ2v) is 8.12. The number of aromatic nitrogens is 4. The van der Waals surface area contributed by atoms with Crippen LogP contribution in [0, 0.1) is 6.92 Å². The Kier molecular flexibility index (Phi) is 4.33. The van der Waals surface area contributed by atoms with Crippen LogP contribution in [0.2, 0.25) is 0 Å². The van der Waals surface area contributed by atoms with E-state index in [2.05, 4.69) is 4.98 Å². The predicted octanol–water partition coefficient (Wildman–Crippen LogP) is 4.07. The highest BCUT2D eigenvalue weighted by molar-refractivity contribution is 7.12. The zero-order chi connectivity index (χ0) is 20.8. The van der Waals surface area contributed by atoms with E-state index in [1.54, 1.807) is 18.3 Å². The molecule has 0 aliphatic heterocycles. The van der Waals surface area contributed by atoms with Crippen molar-refractivity contribution in [2.24, 2.45) is 0 Å². The molecular weight excluding hydrogens is 396 g/mol. The molecule has 0 saturated heterocycles. The zero-order valence-corrected chi connectivity index (χ0v) is 17.3. The van der Waals surface area contributed by atoms with Crippen LogP contribution >= 0.6 is 11.3 Å². The van der Waals surface area contributed by atoms with Crippen LogP contribution in [-0.4, -0.2) is 19.1 Å². The molecule has 148 valence electrons. The summed E-state index contributed by atoms with van der Waals surface area (Å²) in [5, 5.41) is 4.11. The third-order valence-electron chi connectivity index (χ3n) is 5.22. The molecule has 4 aromatic heterocycles. The monoisotopic (exact) mass is 414 g/mol. The fourth-order valence-electron chi connectivity index (χ4n) is 3.68. The highest BCUT2D eigenvalue weighted by Gasteiger charge is 2.21. The first kappa shape index (κ1) is 18.4. The summed E-state index contributed by atoms with van der Waals surface area (Å²) >= 11 is 1.45. The van der Waals surface area contributed by atoms with Crippen molar-refractivity contribution in [3.05, 3.63) is 98.3 Å². The van der Waals surface area contributed by atoms with Gasteiger partial charge in [-0.3, -0.25) is 14.3 Å². The van der Waals surface area contributed by atoms with E-state index in [1.807, 2.05) is 61.7 Å². The molecule has 0 aliphatic rings. The van der Waals surface area contributed by atoms with Gasteiger partial charge in [-0.05, 0) is 55.1 Å². The van der Waals surface area contributed by atoms with Gasteiger partial charge in [-0.2, -0.15) is 0 Å². The number of pyridine rings is 2. The number of aryl methyl sites for hydroxylation is 1. The molecule has 0 spiro atoms. The van der Waals surface area contributed by atoms with Gasteiger partial charge in [-0.25, -0.2) is 14.3 Å². The summed E-state index contributed by atoms with van der Waals surface area (Å²) in [6, 6.07) is 16.4. The van der Waals surface area contributed by atoms with Gasteiger partial charge in [0.15, 0.2) is 5.65 Å². The van der Waals surface area contributed by atoms with E-state index in [-0.39, 0.29) is 5.56 Å². The maximum atomic E-state index is 13.6.